The summed E-state index contributed by atoms with van der Waals surface area (Å²) in [6, 6.07) is 20.8. The van der Waals surface area contributed by atoms with E-state index in [0.29, 0.717) is 17.0 Å². The first-order valence-electron chi connectivity index (χ1n) is 20.7. The molecule has 0 amide bonds. The second-order valence-electron chi connectivity index (χ2n) is 17.1. The minimum absolute atomic E-state index is 0. The summed E-state index contributed by atoms with van der Waals surface area (Å²) in [5.74, 6) is 0. The molecule has 3 aromatic carbocycles. The summed E-state index contributed by atoms with van der Waals surface area (Å²) in [4.78, 5) is 5.48. The van der Waals surface area contributed by atoms with Crippen molar-refractivity contribution in [1.29, 1.82) is 0 Å². The molecule has 0 radical (unpaired) electrons. The van der Waals surface area contributed by atoms with Gasteiger partial charge in [0.05, 0.1) is 0 Å². The number of benzene rings is 3. The molecule has 3 aromatic rings. The standard InChI is InChI=1S/C21H26N2.C18H33P.C7H6.2ClH.2Ru/c1-14-9-16(3)20(17(4)10-14)22-7-8-23(13-22)21-18(5)11-15(2)12-19(21)6;1-4-10-16(11-5-1)19(17-12-6-2-7-13-17)18-14-8-3-9-15-18;1-7-5-3-2-4-6-7;;;;/h9-12H,7-8H2,1-6H3;16-18H,1-15H2;1-6H;2*1H;;/q;;;;;;+1/p-1. The Kier molecular flexibility index (Phi) is 13.4. The molecule has 1 heterocycles. The Morgan fingerprint density at radius 1 is 0.547 bits per heavy atom. The van der Waals surface area contributed by atoms with Crippen molar-refractivity contribution in [2.45, 2.75) is 155 Å². The van der Waals surface area contributed by atoms with E-state index in [1.54, 1.807) is 0 Å². The van der Waals surface area contributed by atoms with E-state index in [1.165, 1.54) is 151 Å². The van der Waals surface area contributed by atoms with Crippen LogP contribution in [0.5, 0.6) is 0 Å². The van der Waals surface area contributed by atoms with E-state index in [0.717, 1.165) is 13.1 Å². The van der Waals surface area contributed by atoms with Gasteiger partial charge in [-0.05, 0) is 0 Å². The minimum atomic E-state index is -4.89. The van der Waals surface area contributed by atoms with Crippen LogP contribution in [0.15, 0.2) is 54.6 Å². The summed E-state index contributed by atoms with van der Waals surface area (Å²) < 4.78 is 3.99. The molecule has 3 aliphatic carbocycles. The van der Waals surface area contributed by atoms with Crippen molar-refractivity contribution in [3.8, 4) is 0 Å². The van der Waals surface area contributed by atoms with Gasteiger partial charge in [0.1, 0.15) is 0 Å². The van der Waals surface area contributed by atoms with Crippen LogP contribution < -0.4 is 9.80 Å². The van der Waals surface area contributed by atoms with Gasteiger partial charge < -0.3 is 0 Å². The van der Waals surface area contributed by atoms with Crippen molar-refractivity contribution in [2.24, 2.45) is 0 Å². The maximum atomic E-state index is 9.55. The number of nitrogens with zero attached hydrogens (tertiary/aromatic N) is 2. The van der Waals surface area contributed by atoms with Crippen molar-refractivity contribution in [3.63, 3.8) is 0 Å². The van der Waals surface area contributed by atoms with Gasteiger partial charge >= 0.3 is 327 Å². The first-order valence-corrected chi connectivity index (χ1v) is 31.7. The summed E-state index contributed by atoms with van der Waals surface area (Å²) in [5, 5.41) is 0. The molecule has 7 heteroatoms. The third-order valence-corrected chi connectivity index (χ3v) is 50.5. The van der Waals surface area contributed by atoms with Gasteiger partial charge in [0.25, 0.3) is 0 Å². The van der Waals surface area contributed by atoms with Crippen LogP contribution in [0.25, 0.3) is 0 Å². The van der Waals surface area contributed by atoms with Gasteiger partial charge in [0, 0.05) is 19.5 Å². The molecule has 0 aromatic heterocycles. The van der Waals surface area contributed by atoms with Gasteiger partial charge in [-0.2, -0.15) is 0 Å². The average Bonchev–Trinajstić information content (AvgIpc) is 3.55. The minimum Gasteiger partial charge on any atom is 0 e. The predicted molar refractivity (Wildman–Crippen MR) is 233 cm³/mol. The first kappa shape index (κ1) is 41.9. The molecular weight excluding hydrogens is 885 g/mol. The zero-order valence-corrected chi connectivity index (χ0v) is 39.4. The molecule has 295 valence electrons. The molecule has 0 N–H and O–H groups in total. The second-order valence-corrected chi connectivity index (χ2v) is 45.1. The Morgan fingerprint density at radius 2 is 0.887 bits per heavy atom. The molecule has 7 rings (SSSR count). The molecule has 2 nitrogen and oxygen atoms in total. The average molecular weight is 951 g/mol. The molecule has 3 saturated carbocycles. The molecule has 0 atom stereocenters. The molecule has 1 saturated heterocycles. The van der Waals surface area contributed by atoms with E-state index >= 15 is 0 Å². The van der Waals surface area contributed by atoms with Crippen LogP contribution in [-0.4, -0.2) is 39.0 Å². The van der Waals surface area contributed by atoms with Crippen LogP contribution >= 0.6 is 25.0 Å². The van der Waals surface area contributed by atoms with E-state index < -0.39 is 15.8 Å². The fraction of sp³-hybridized carbons (Fsp3) is 0.565. The van der Waals surface area contributed by atoms with Crippen molar-refractivity contribution >= 4 is 45.3 Å². The molecule has 0 unspecified atom stereocenters. The molecule has 4 fully saturated rings. The Morgan fingerprint density at radius 3 is 1.23 bits per heavy atom. The topological polar surface area (TPSA) is 6.48 Å². The maximum absolute atomic E-state index is 9.55. The number of rotatable bonds is 7. The van der Waals surface area contributed by atoms with E-state index in [-0.39, 0.29) is 19.5 Å². The van der Waals surface area contributed by atoms with Crippen LogP contribution in [0.2, 0.25) is 0 Å². The third kappa shape index (κ3) is 7.56. The molecule has 1 aliphatic heterocycles. The van der Waals surface area contributed by atoms with Crippen molar-refractivity contribution in [2.75, 3.05) is 22.9 Å². The van der Waals surface area contributed by atoms with E-state index in [4.69, 9.17) is 0 Å². The molecular formula is C46H66Cl2N2PRu2. The van der Waals surface area contributed by atoms with Crippen LogP contribution in [0, 0.1) is 41.5 Å². The molecule has 53 heavy (non-hydrogen) atoms. The zero-order chi connectivity index (χ0) is 36.7. The molecule has 0 bridgehead atoms. The zero-order valence-electron chi connectivity index (χ0n) is 33.4. The summed E-state index contributed by atoms with van der Waals surface area (Å²) in [7, 11) is 14.2. The van der Waals surface area contributed by atoms with Gasteiger partial charge in [-0.1, -0.05) is 0 Å². The fourth-order valence-electron chi connectivity index (χ4n) is 11.9. The SMILES string of the molecule is Cc1cc(C)c(N2CCN(c3c(C)cc(C)cc3C)[C]2=[Ru]([Cl])([Cl])(=[CH]c2ccccc2)[PH](C2CCCCC2)(C2CCCCC2)C2CCCCC2)c(C)c1.[Ru]. The number of hydrogen-bond acceptors (Lipinski definition) is 2. The van der Waals surface area contributed by atoms with Gasteiger partial charge in [-0.15, -0.1) is 0 Å². The number of hydrogen-bond donors (Lipinski definition) is 0. The number of aryl methyl sites for hydroxylation is 6. The Bertz CT molecular complexity index is 1760. The quantitative estimate of drug-likeness (QED) is 0.172. The Hall–Kier alpha value is -0.743. The third-order valence-electron chi connectivity index (χ3n) is 13.4. The van der Waals surface area contributed by atoms with Gasteiger partial charge in [0.2, 0.25) is 0 Å². The number of anilines is 2. The van der Waals surface area contributed by atoms with Crippen molar-refractivity contribution in [3.05, 3.63) is 93.5 Å². The Balaban J connectivity index is 0.00000481. The van der Waals surface area contributed by atoms with Crippen LogP contribution in [-0.2, 0) is 29.7 Å². The second kappa shape index (κ2) is 17.0. The molecule has 4 aliphatic rings. The summed E-state index contributed by atoms with van der Waals surface area (Å²) in [5.41, 5.74) is 11.3. The smallest absolute Gasteiger partial charge is 0 e. The normalized spacial score (nSPS) is 20.9. The van der Waals surface area contributed by atoms with Crippen molar-refractivity contribution < 1.29 is 29.7 Å². The van der Waals surface area contributed by atoms with Crippen LogP contribution in [0.4, 0.5) is 11.4 Å². The first-order chi connectivity index (χ1) is 24.9. The monoisotopic (exact) mass is 951 g/mol. The van der Waals surface area contributed by atoms with E-state index in [9.17, 15) is 19.4 Å². The van der Waals surface area contributed by atoms with E-state index in [2.05, 4.69) is 111 Å². The Labute approximate surface area is 343 Å². The van der Waals surface area contributed by atoms with E-state index in [1.807, 2.05) is 0 Å². The predicted octanol–water partition coefficient (Wildman–Crippen LogP) is 13.5. The van der Waals surface area contributed by atoms with Crippen LogP contribution in [0.3, 0.4) is 0 Å². The largest absolute Gasteiger partial charge is 0 e. The fourth-order valence-corrected chi connectivity index (χ4v) is 59.6. The summed E-state index contributed by atoms with van der Waals surface area (Å²) >= 11 is 0. The molecule has 0 spiro atoms. The van der Waals surface area contributed by atoms with Crippen molar-refractivity contribution in [1.82, 2.24) is 0 Å². The maximum Gasteiger partial charge on any atom is 0 e. The number of halogens is 2. The summed E-state index contributed by atoms with van der Waals surface area (Å²) in [6.45, 7) is 15.6. The van der Waals surface area contributed by atoms with Gasteiger partial charge in [0.15, 0.2) is 0 Å². The van der Waals surface area contributed by atoms with Gasteiger partial charge in [-0.25, -0.2) is 0 Å². The van der Waals surface area contributed by atoms with Gasteiger partial charge in [-0.3, -0.25) is 0 Å². The van der Waals surface area contributed by atoms with Crippen LogP contribution in [0.1, 0.15) is 135 Å². The summed E-state index contributed by atoms with van der Waals surface area (Å²) in [6.07, 6.45) is 20.1.